The van der Waals surface area contributed by atoms with Gasteiger partial charge in [-0.15, -0.1) is 11.3 Å². The SMILES string of the molecule is Cc1ncc(COc2ccc3oc(C)c(C(N)=O)c3c2C2(CO)CCOC2)s1. The van der Waals surface area contributed by atoms with E-state index in [0.29, 0.717) is 54.3 Å². The van der Waals surface area contributed by atoms with Crippen LogP contribution in [0.25, 0.3) is 11.0 Å². The number of nitrogens with zero attached hydrogens (tertiary/aromatic N) is 1. The predicted octanol–water partition coefficient (Wildman–Crippen LogP) is 2.83. The van der Waals surface area contributed by atoms with Crippen LogP contribution in [0.4, 0.5) is 0 Å². The standard InChI is InChI=1S/C20H22N2O5S/c1-11-16(19(21)24)17-14(27-11)3-4-15(26-8-13-7-22-12(2)28-13)18(17)20(9-23)5-6-25-10-20/h3-4,7,23H,5-6,8-10H2,1-2H3,(H2,21,24). The summed E-state index contributed by atoms with van der Waals surface area (Å²) in [7, 11) is 0. The number of aliphatic hydroxyl groups is 1. The van der Waals surface area contributed by atoms with Gasteiger partial charge < -0.3 is 24.7 Å². The maximum absolute atomic E-state index is 12.2. The number of furan rings is 1. The second kappa shape index (κ2) is 7.20. The molecule has 1 unspecified atom stereocenters. The van der Waals surface area contributed by atoms with Gasteiger partial charge in [0.1, 0.15) is 23.7 Å². The van der Waals surface area contributed by atoms with Crippen LogP contribution in [0.5, 0.6) is 5.75 Å². The fourth-order valence-electron chi connectivity index (χ4n) is 3.86. The molecule has 7 nitrogen and oxygen atoms in total. The Balaban J connectivity index is 1.89. The third kappa shape index (κ3) is 3.07. The van der Waals surface area contributed by atoms with E-state index in [1.165, 1.54) is 0 Å². The molecule has 1 amide bonds. The quantitative estimate of drug-likeness (QED) is 0.656. The number of nitrogens with two attached hydrogens (primary N) is 1. The molecule has 148 valence electrons. The lowest BCUT2D eigenvalue weighted by atomic mass is 9.77. The van der Waals surface area contributed by atoms with E-state index < -0.39 is 11.3 Å². The first-order valence-electron chi connectivity index (χ1n) is 9.04. The molecule has 1 aromatic carbocycles. The molecule has 2 aromatic heterocycles. The van der Waals surface area contributed by atoms with E-state index in [9.17, 15) is 9.90 Å². The summed E-state index contributed by atoms with van der Waals surface area (Å²) < 4.78 is 17.5. The molecule has 1 fully saturated rings. The van der Waals surface area contributed by atoms with Crippen molar-refractivity contribution in [2.75, 3.05) is 19.8 Å². The molecule has 0 saturated carbocycles. The topological polar surface area (TPSA) is 108 Å². The highest BCUT2D eigenvalue weighted by atomic mass is 32.1. The Labute approximate surface area is 166 Å². The second-order valence-electron chi connectivity index (χ2n) is 7.08. The number of primary amides is 1. The van der Waals surface area contributed by atoms with E-state index in [2.05, 4.69) is 4.98 Å². The van der Waals surface area contributed by atoms with Crippen LogP contribution in [-0.4, -0.2) is 35.8 Å². The zero-order valence-electron chi connectivity index (χ0n) is 15.8. The molecule has 1 aliphatic rings. The van der Waals surface area contributed by atoms with E-state index in [0.717, 1.165) is 15.4 Å². The van der Waals surface area contributed by atoms with E-state index in [-0.39, 0.29) is 6.61 Å². The summed E-state index contributed by atoms with van der Waals surface area (Å²) >= 11 is 1.56. The van der Waals surface area contributed by atoms with E-state index in [1.807, 2.05) is 13.0 Å². The molecule has 28 heavy (non-hydrogen) atoms. The summed E-state index contributed by atoms with van der Waals surface area (Å²) in [5.74, 6) is 0.465. The highest BCUT2D eigenvalue weighted by molar-refractivity contribution is 7.11. The number of thiazole rings is 1. The van der Waals surface area contributed by atoms with Gasteiger partial charge in [0.25, 0.3) is 5.91 Å². The van der Waals surface area contributed by atoms with Crippen molar-refractivity contribution in [3.8, 4) is 5.75 Å². The van der Waals surface area contributed by atoms with Gasteiger partial charge in [-0.1, -0.05) is 0 Å². The number of amides is 1. The number of carbonyl (C=O) groups excluding carboxylic acids is 1. The van der Waals surface area contributed by atoms with Crippen LogP contribution in [0.3, 0.4) is 0 Å². The minimum Gasteiger partial charge on any atom is -0.488 e. The Bertz CT molecular complexity index is 1030. The largest absolute Gasteiger partial charge is 0.488 e. The van der Waals surface area contributed by atoms with Crippen molar-refractivity contribution in [1.82, 2.24) is 4.98 Å². The Hall–Kier alpha value is -2.42. The van der Waals surface area contributed by atoms with Crippen molar-refractivity contribution < 1.29 is 23.8 Å². The monoisotopic (exact) mass is 402 g/mol. The fraction of sp³-hybridized carbons (Fsp3) is 0.400. The first-order chi connectivity index (χ1) is 13.4. The third-order valence-corrected chi connectivity index (χ3v) is 6.10. The van der Waals surface area contributed by atoms with Crippen LogP contribution in [0.1, 0.15) is 38.0 Å². The molecular weight excluding hydrogens is 380 g/mol. The van der Waals surface area contributed by atoms with Crippen molar-refractivity contribution >= 4 is 28.2 Å². The van der Waals surface area contributed by atoms with Crippen molar-refractivity contribution in [2.24, 2.45) is 5.73 Å². The molecular formula is C20H22N2O5S. The summed E-state index contributed by atoms with van der Waals surface area (Å²) in [5, 5.41) is 11.9. The zero-order valence-corrected chi connectivity index (χ0v) is 16.6. The van der Waals surface area contributed by atoms with Crippen molar-refractivity contribution in [1.29, 1.82) is 0 Å². The second-order valence-corrected chi connectivity index (χ2v) is 8.40. The summed E-state index contributed by atoms with van der Waals surface area (Å²) in [4.78, 5) is 17.4. The van der Waals surface area contributed by atoms with Gasteiger partial charge in [0, 0.05) is 29.2 Å². The number of fused-ring (bicyclic) bond motifs is 1. The predicted molar refractivity (Wildman–Crippen MR) is 105 cm³/mol. The number of carbonyl (C=O) groups is 1. The van der Waals surface area contributed by atoms with Gasteiger partial charge in [0.2, 0.25) is 0 Å². The molecule has 4 rings (SSSR count). The molecule has 0 aliphatic carbocycles. The maximum atomic E-state index is 12.2. The van der Waals surface area contributed by atoms with Gasteiger partial charge in [-0.2, -0.15) is 0 Å². The third-order valence-electron chi connectivity index (χ3n) is 5.22. The number of hydrogen-bond acceptors (Lipinski definition) is 7. The number of hydrogen-bond donors (Lipinski definition) is 2. The Morgan fingerprint density at radius 1 is 1.43 bits per heavy atom. The van der Waals surface area contributed by atoms with Gasteiger partial charge in [0.05, 0.1) is 28.7 Å². The molecule has 1 saturated heterocycles. The molecule has 8 heteroatoms. The van der Waals surface area contributed by atoms with Gasteiger partial charge in [-0.05, 0) is 32.4 Å². The van der Waals surface area contributed by atoms with E-state index in [1.54, 1.807) is 30.5 Å². The number of ether oxygens (including phenoxy) is 2. The fourth-order valence-corrected chi connectivity index (χ4v) is 4.57. The molecule has 3 aromatic rings. The molecule has 1 atom stereocenters. The molecule has 3 N–H and O–H groups in total. The Morgan fingerprint density at radius 3 is 2.86 bits per heavy atom. The van der Waals surface area contributed by atoms with E-state index in [4.69, 9.17) is 19.6 Å². The first kappa shape index (κ1) is 18.9. The summed E-state index contributed by atoms with van der Waals surface area (Å²) in [6.07, 6.45) is 2.40. The van der Waals surface area contributed by atoms with Gasteiger partial charge in [-0.3, -0.25) is 4.79 Å². The van der Waals surface area contributed by atoms with Gasteiger partial charge >= 0.3 is 0 Å². The normalized spacial score (nSPS) is 19.4. The number of aliphatic hydroxyl groups excluding tert-OH is 1. The molecule has 0 radical (unpaired) electrons. The van der Waals surface area contributed by atoms with Crippen molar-refractivity contribution in [2.45, 2.75) is 32.3 Å². The number of aryl methyl sites for hydroxylation is 2. The summed E-state index contributed by atoms with van der Waals surface area (Å²) in [5.41, 5.74) is 6.56. The van der Waals surface area contributed by atoms with Crippen LogP contribution >= 0.6 is 11.3 Å². The number of benzene rings is 1. The lowest BCUT2D eigenvalue weighted by Crippen LogP contribution is -2.32. The highest BCUT2D eigenvalue weighted by Crippen LogP contribution is 2.45. The molecule has 1 aliphatic heterocycles. The lowest BCUT2D eigenvalue weighted by Gasteiger charge is -2.28. The first-order valence-corrected chi connectivity index (χ1v) is 9.86. The van der Waals surface area contributed by atoms with Crippen LogP contribution in [-0.2, 0) is 16.8 Å². The summed E-state index contributed by atoms with van der Waals surface area (Å²) in [6.45, 7) is 4.71. The number of aromatic nitrogens is 1. The van der Waals surface area contributed by atoms with Crippen LogP contribution in [0.2, 0.25) is 0 Å². The zero-order chi connectivity index (χ0) is 19.9. The van der Waals surface area contributed by atoms with Crippen LogP contribution in [0.15, 0.2) is 22.7 Å². The average molecular weight is 402 g/mol. The molecule has 0 bridgehead atoms. The number of rotatable bonds is 6. The Morgan fingerprint density at radius 2 is 2.25 bits per heavy atom. The van der Waals surface area contributed by atoms with Crippen LogP contribution in [0, 0.1) is 13.8 Å². The minimum absolute atomic E-state index is 0.134. The van der Waals surface area contributed by atoms with Gasteiger partial charge in [-0.25, -0.2) is 4.98 Å². The maximum Gasteiger partial charge on any atom is 0.252 e. The smallest absolute Gasteiger partial charge is 0.252 e. The highest BCUT2D eigenvalue weighted by Gasteiger charge is 2.41. The van der Waals surface area contributed by atoms with E-state index >= 15 is 0 Å². The van der Waals surface area contributed by atoms with Crippen LogP contribution < -0.4 is 10.5 Å². The molecule has 0 spiro atoms. The Kier molecular flexibility index (Phi) is 4.86. The van der Waals surface area contributed by atoms with Gasteiger partial charge in [0.15, 0.2) is 0 Å². The lowest BCUT2D eigenvalue weighted by molar-refractivity contribution is 0.0999. The van der Waals surface area contributed by atoms with Crippen molar-refractivity contribution in [3.05, 3.63) is 45.1 Å². The minimum atomic E-state index is -0.682. The average Bonchev–Trinajstić information content (AvgIpc) is 3.37. The molecule has 3 heterocycles. The summed E-state index contributed by atoms with van der Waals surface area (Å²) in [6, 6.07) is 3.58. The van der Waals surface area contributed by atoms with Crippen molar-refractivity contribution in [3.63, 3.8) is 0 Å².